The van der Waals surface area contributed by atoms with Crippen molar-refractivity contribution in [2.45, 2.75) is 37.2 Å². The Balaban J connectivity index is 1.63. The van der Waals surface area contributed by atoms with E-state index in [0.29, 0.717) is 18.7 Å². The van der Waals surface area contributed by atoms with E-state index in [1.165, 1.54) is 12.1 Å². The highest BCUT2D eigenvalue weighted by atomic mass is 32.2. The van der Waals surface area contributed by atoms with Crippen LogP contribution in [-0.2, 0) is 16.6 Å². The van der Waals surface area contributed by atoms with Crippen molar-refractivity contribution in [3.05, 3.63) is 54.4 Å². The molecule has 1 saturated heterocycles. The number of likely N-dealkylation sites (tertiary alicyclic amines) is 1. The fourth-order valence-electron chi connectivity index (χ4n) is 3.09. The molecule has 7 heteroatoms. The Morgan fingerprint density at radius 3 is 2.48 bits per heavy atom. The first-order valence-corrected chi connectivity index (χ1v) is 9.97. The Hall–Kier alpha value is -2.12. The van der Waals surface area contributed by atoms with E-state index in [2.05, 4.69) is 4.72 Å². The Kier molecular flexibility index (Phi) is 5.24. The second-order valence-electron chi connectivity index (χ2n) is 6.33. The number of nitrogens with zero attached hydrogens (tertiary/aromatic N) is 2. The van der Waals surface area contributed by atoms with E-state index in [0.717, 1.165) is 19.4 Å². The zero-order valence-corrected chi connectivity index (χ0v) is 15.1. The molecule has 1 aromatic carbocycles. The van der Waals surface area contributed by atoms with Crippen LogP contribution in [0.15, 0.2) is 53.7 Å². The van der Waals surface area contributed by atoms with Gasteiger partial charge in [0.1, 0.15) is 0 Å². The number of carbonyl (C=O) groups is 1. The Labute approximate surface area is 148 Å². The smallest absolute Gasteiger partial charge is 0.254 e. The molecule has 1 aliphatic heterocycles. The molecule has 0 spiro atoms. The Morgan fingerprint density at radius 2 is 1.88 bits per heavy atom. The van der Waals surface area contributed by atoms with Gasteiger partial charge >= 0.3 is 0 Å². The molecule has 2 heterocycles. The van der Waals surface area contributed by atoms with Crippen molar-refractivity contribution in [3.63, 3.8) is 0 Å². The summed E-state index contributed by atoms with van der Waals surface area (Å²) in [7, 11) is -3.57. The van der Waals surface area contributed by atoms with Crippen LogP contribution >= 0.6 is 0 Å². The molecular formula is C18H23N3O3S. The average molecular weight is 361 g/mol. The quantitative estimate of drug-likeness (QED) is 0.856. The van der Waals surface area contributed by atoms with Gasteiger partial charge in [-0.05, 0) is 56.2 Å². The second kappa shape index (κ2) is 7.41. The van der Waals surface area contributed by atoms with Crippen LogP contribution in [0, 0.1) is 0 Å². The number of hydrogen-bond acceptors (Lipinski definition) is 3. The maximum Gasteiger partial charge on any atom is 0.254 e. The van der Waals surface area contributed by atoms with Crippen molar-refractivity contribution < 1.29 is 13.2 Å². The Morgan fingerprint density at radius 1 is 1.20 bits per heavy atom. The molecule has 1 aliphatic rings. The molecule has 3 rings (SSSR count). The van der Waals surface area contributed by atoms with Crippen molar-refractivity contribution >= 4 is 15.9 Å². The van der Waals surface area contributed by atoms with Gasteiger partial charge in [0.15, 0.2) is 0 Å². The molecule has 0 radical (unpaired) electrons. The first-order chi connectivity index (χ1) is 12.0. The van der Waals surface area contributed by atoms with E-state index in [1.807, 2.05) is 40.9 Å². The van der Waals surface area contributed by atoms with Crippen molar-refractivity contribution in [2.75, 3.05) is 13.1 Å². The van der Waals surface area contributed by atoms with E-state index in [1.54, 1.807) is 12.1 Å². The number of nitrogens with one attached hydrogen (secondary N) is 1. The fraction of sp³-hybridized carbons (Fsp3) is 0.389. The van der Waals surface area contributed by atoms with Crippen LogP contribution in [0.2, 0.25) is 0 Å². The first kappa shape index (κ1) is 17.7. The molecular weight excluding hydrogens is 338 g/mol. The largest absolute Gasteiger partial charge is 0.353 e. The first-order valence-electron chi connectivity index (χ1n) is 8.49. The van der Waals surface area contributed by atoms with Gasteiger partial charge < -0.3 is 9.47 Å². The minimum atomic E-state index is -3.57. The highest BCUT2D eigenvalue weighted by molar-refractivity contribution is 7.89. The van der Waals surface area contributed by atoms with E-state index >= 15 is 0 Å². The van der Waals surface area contributed by atoms with Gasteiger partial charge in [0, 0.05) is 43.6 Å². The van der Waals surface area contributed by atoms with E-state index in [4.69, 9.17) is 0 Å². The summed E-state index contributed by atoms with van der Waals surface area (Å²) in [6, 6.07) is 10.2. The van der Waals surface area contributed by atoms with Gasteiger partial charge in [-0.15, -0.1) is 0 Å². The minimum absolute atomic E-state index is 0.0329. The number of amides is 1. The minimum Gasteiger partial charge on any atom is -0.353 e. The topological polar surface area (TPSA) is 71.4 Å². The molecule has 6 nitrogen and oxygen atoms in total. The standard InChI is InChI=1S/C18H23N3O3S/c1-15-5-4-13-21(15)18(22)16-6-8-17(9-7-16)25(23,24)19-10-14-20-11-2-3-12-20/h2-3,6-9,11-12,15,19H,4-5,10,13-14H2,1H3/t15-/m0/s1. The lowest BCUT2D eigenvalue weighted by Crippen LogP contribution is -2.33. The van der Waals surface area contributed by atoms with Gasteiger partial charge in [0.25, 0.3) is 5.91 Å². The highest BCUT2D eigenvalue weighted by Crippen LogP contribution is 2.20. The maximum atomic E-state index is 12.5. The summed E-state index contributed by atoms with van der Waals surface area (Å²) in [5.41, 5.74) is 0.528. The number of carbonyl (C=O) groups excluding carboxylic acids is 1. The van der Waals surface area contributed by atoms with Crippen LogP contribution in [0.25, 0.3) is 0 Å². The van der Waals surface area contributed by atoms with Gasteiger partial charge in [-0.3, -0.25) is 4.79 Å². The molecule has 1 fully saturated rings. The summed E-state index contributed by atoms with van der Waals surface area (Å²) < 4.78 is 29.2. The number of benzene rings is 1. The van der Waals surface area contributed by atoms with Crippen molar-refractivity contribution in [3.8, 4) is 0 Å². The number of hydrogen-bond donors (Lipinski definition) is 1. The van der Waals surface area contributed by atoms with Crippen LogP contribution < -0.4 is 4.72 Å². The SMILES string of the molecule is C[C@H]1CCCN1C(=O)c1ccc(S(=O)(=O)NCCn2cccc2)cc1. The highest BCUT2D eigenvalue weighted by Gasteiger charge is 2.26. The molecule has 0 unspecified atom stereocenters. The Bertz CT molecular complexity index is 814. The summed E-state index contributed by atoms with van der Waals surface area (Å²) in [4.78, 5) is 14.5. The molecule has 1 aromatic heterocycles. The molecule has 2 aromatic rings. The molecule has 0 bridgehead atoms. The van der Waals surface area contributed by atoms with E-state index in [9.17, 15) is 13.2 Å². The summed E-state index contributed by atoms with van der Waals surface area (Å²) in [5.74, 6) is -0.0329. The van der Waals surface area contributed by atoms with Gasteiger partial charge in [-0.2, -0.15) is 0 Å². The third kappa shape index (κ3) is 4.11. The molecule has 0 saturated carbocycles. The van der Waals surface area contributed by atoms with Gasteiger partial charge in [-0.25, -0.2) is 13.1 Å². The van der Waals surface area contributed by atoms with Gasteiger partial charge in [0.05, 0.1) is 4.90 Å². The lowest BCUT2D eigenvalue weighted by Gasteiger charge is -2.21. The monoisotopic (exact) mass is 361 g/mol. The van der Waals surface area contributed by atoms with Crippen LogP contribution in [0.4, 0.5) is 0 Å². The number of aromatic nitrogens is 1. The number of rotatable bonds is 6. The average Bonchev–Trinajstić information content (AvgIpc) is 3.26. The summed E-state index contributed by atoms with van der Waals surface area (Å²) in [6.45, 7) is 3.68. The number of sulfonamides is 1. The van der Waals surface area contributed by atoms with Gasteiger partial charge in [-0.1, -0.05) is 0 Å². The fourth-order valence-corrected chi connectivity index (χ4v) is 4.11. The van der Waals surface area contributed by atoms with Crippen molar-refractivity contribution in [1.29, 1.82) is 0 Å². The molecule has 0 aliphatic carbocycles. The molecule has 1 amide bonds. The van der Waals surface area contributed by atoms with Gasteiger partial charge in [0.2, 0.25) is 10.0 Å². The third-order valence-corrected chi connectivity index (χ3v) is 6.03. The lowest BCUT2D eigenvalue weighted by molar-refractivity contribution is 0.0747. The van der Waals surface area contributed by atoms with Crippen LogP contribution in [0.1, 0.15) is 30.1 Å². The summed E-state index contributed by atoms with van der Waals surface area (Å²) in [6.07, 6.45) is 5.80. The van der Waals surface area contributed by atoms with Crippen molar-refractivity contribution in [2.24, 2.45) is 0 Å². The van der Waals surface area contributed by atoms with Crippen LogP contribution in [0.5, 0.6) is 0 Å². The summed E-state index contributed by atoms with van der Waals surface area (Å²) >= 11 is 0. The third-order valence-electron chi connectivity index (χ3n) is 4.55. The second-order valence-corrected chi connectivity index (χ2v) is 8.10. The maximum absolute atomic E-state index is 12.5. The molecule has 25 heavy (non-hydrogen) atoms. The predicted molar refractivity (Wildman–Crippen MR) is 95.8 cm³/mol. The normalized spacial score (nSPS) is 17.8. The van der Waals surface area contributed by atoms with Crippen LogP contribution in [-0.4, -0.2) is 42.9 Å². The van der Waals surface area contributed by atoms with Crippen LogP contribution in [0.3, 0.4) is 0 Å². The zero-order valence-electron chi connectivity index (χ0n) is 14.3. The van der Waals surface area contributed by atoms with E-state index < -0.39 is 10.0 Å². The predicted octanol–water partition coefficient (Wildman–Crippen LogP) is 2.09. The van der Waals surface area contributed by atoms with E-state index in [-0.39, 0.29) is 16.8 Å². The molecule has 1 N–H and O–H groups in total. The van der Waals surface area contributed by atoms with Crippen molar-refractivity contribution in [1.82, 2.24) is 14.2 Å². The molecule has 134 valence electrons. The summed E-state index contributed by atoms with van der Waals surface area (Å²) in [5, 5.41) is 0. The lowest BCUT2D eigenvalue weighted by atomic mass is 10.2. The zero-order chi connectivity index (χ0) is 17.9. The molecule has 1 atom stereocenters.